The van der Waals surface area contributed by atoms with E-state index in [9.17, 15) is 4.79 Å². The average Bonchev–Trinajstić information content (AvgIpc) is 3.21. The molecule has 0 aromatic rings. The van der Waals surface area contributed by atoms with Gasteiger partial charge in [0, 0.05) is 13.3 Å². The summed E-state index contributed by atoms with van der Waals surface area (Å²) in [5.41, 5.74) is 0. The molecule has 2 atom stereocenters. The Hall–Kier alpha value is -1.16. The lowest BCUT2D eigenvalue weighted by Crippen LogP contribution is -2.55. The molecule has 1 aliphatic heterocycles. The zero-order chi connectivity index (χ0) is 24.0. The van der Waals surface area contributed by atoms with E-state index in [2.05, 4.69) is 37.5 Å². The Balaban J connectivity index is 1.92. The summed E-state index contributed by atoms with van der Waals surface area (Å²) in [6, 6.07) is 0. The minimum Gasteiger partial charge on any atom is -0.351 e. The monoisotopic (exact) mass is 462 g/mol. The minimum atomic E-state index is 0.0711. The van der Waals surface area contributed by atoms with Crippen LogP contribution in [0.15, 0.2) is 17.1 Å². The Kier molecular flexibility index (Phi) is 18.3. The van der Waals surface area contributed by atoms with Gasteiger partial charge in [0.05, 0.1) is 25.8 Å². The van der Waals surface area contributed by atoms with Gasteiger partial charge in [-0.1, -0.05) is 89.7 Å². The van der Waals surface area contributed by atoms with Gasteiger partial charge in [0.25, 0.3) is 0 Å². The molecule has 0 aromatic heterocycles. The molecule has 1 amide bonds. The zero-order valence-corrected chi connectivity index (χ0v) is 22.5. The van der Waals surface area contributed by atoms with Crippen LogP contribution in [-0.2, 0) is 4.79 Å². The van der Waals surface area contributed by atoms with Crippen LogP contribution in [0.3, 0.4) is 0 Å². The number of carbonyl (C=O) groups is 1. The molecule has 0 fully saturated rings. The first-order valence-corrected chi connectivity index (χ1v) is 14.4. The maximum absolute atomic E-state index is 11.2. The molecule has 1 heterocycles. The third kappa shape index (κ3) is 14.7. The Morgan fingerprint density at radius 1 is 0.879 bits per heavy atom. The Labute approximate surface area is 206 Å². The van der Waals surface area contributed by atoms with Crippen LogP contribution >= 0.6 is 0 Å². The average molecular weight is 463 g/mol. The summed E-state index contributed by atoms with van der Waals surface area (Å²) in [5, 5.41) is 2.97. The second-order valence-electron chi connectivity index (χ2n) is 10.2. The van der Waals surface area contributed by atoms with E-state index in [0.29, 0.717) is 6.17 Å². The molecular formula is C29H56N3O+. The fourth-order valence-electron chi connectivity index (χ4n) is 5.06. The first-order valence-electron chi connectivity index (χ1n) is 14.4. The van der Waals surface area contributed by atoms with E-state index < -0.39 is 0 Å². The van der Waals surface area contributed by atoms with Crippen LogP contribution in [0.25, 0.3) is 0 Å². The van der Waals surface area contributed by atoms with Crippen molar-refractivity contribution in [1.82, 2.24) is 5.32 Å². The number of likely N-dealkylation sites (N-methyl/N-ethyl adjacent to an activating group) is 1. The first kappa shape index (κ1) is 29.9. The predicted octanol–water partition coefficient (Wildman–Crippen LogP) is 7.58. The number of aliphatic imine (C=N–C) groups is 1. The molecule has 192 valence electrons. The van der Waals surface area contributed by atoms with Gasteiger partial charge in [0.15, 0.2) is 6.17 Å². The molecule has 0 bridgehead atoms. The van der Waals surface area contributed by atoms with Gasteiger partial charge in [0.2, 0.25) is 5.91 Å². The highest BCUT2D eigenvalue weighted by molar-refractivity contribution is 5.72. The minimum absolute atomic E-state index is 0.0711. The van der Waals surface area contributed by atoms with Gasteiger partial charge in [0.1, 0.15) is 6.54 Å². The Bertz CT molecular complexity index is 531. The van der Waals surface area contributed by atoms with Crippen LogP contribution in [0.4, 0.5) is 0 Å². The van der Waals surface area contributed by atoms with Gasteiger partial charge in [-0.25, -0.2) is 4.99 Å². The quantitative estimate of drug-likeness (QED) is 0.101. The second-order valence-corrected chi connectivity index (χ2v) is 10.2. The third-order valence-corrected chi connectivity index (χ3v) is 7.39. The maximum atomic E-state index is 11.2. The summed E-state index contributed by atoms with van der Waals surface area (Å²) in [6.07, 6.45) is 30.4. The lowest BCUT2D eigenvalue weighted by molar-refractivity contribution is -0.935. The molecule has 0 spiro atoms. The van der Waals surface area contributed by atoms with Crippen molar-refractivity contribution in [2.24, 2.45) is 4.99 Å². The van der Waals surface area contributed by atoms with Gasteiger partial charge < -0.3 is 5.32 Å². The first-order chi connectivity index (χ1) is 16.1. The smallest absolute Gasteiger partial charge is 0.217 e. The summed E-state index contributed by atoms with van der Waals surface area (Å²) in [5.74, 6) is 0.0711. The van der Waals surface area contributed by atoms with E-state index in [4.69, 9.17) is 4.99 Å². The van der Waals surface area contributed by atoms with E-state index in [1.807, 2.05) is 0 Å². The fraction of sp³-hybridized carbons (Fsp3) is 0.862. The summed E-state index contributed by atoms with van der Waals surface area (Å²) in [6.45, 7) is 10.0. The predicted molar refractivity (Wildman–Crippen MR) is 145 cm³/mol. The Morgan fingerprint density at radius 2 is 1.42 bits per heavy atom. The molecule has 0 radical (unpaired) electrons. The lowest BCUT2D eigenvalue weighted by atomic mass is 10.0. The van der Waals surface area contributed by atoms with Crippen molar-refractivity contribution in [3.05, 3.63) is 12.2 Å². The second kappa shape index (κ2) is 20.2. The van der Waals surface area contributed by atoms with Gasteiger partial charge in [-0.2, -0.15) is 0 Å². The number of carbonyl (C=O) groups excluding carboxylic acids is 1. The number of hydrogen-bond acceptors (Lipinski definition) is 2. The number of nitrogens with one attached hydrogen (secondary N) is 1. The van der Waals surface area contributed by atoms with Gasteiger partial charge >= 0.3 is 0 Å². The summed E-state index contributed by atoms with van der Waals surface area (Å²) >= 11 is 0. The molecule has 4 heteroatoms. The molecule has 1 aliphatic rings. The van der Waals surface area contributed by atoms with E-state index in [0.717, 1.165) is 30.7 Å². The number of rotatable bonds is 22. The fourth-order valence-corrected chi connectivity index (χ4v) is 5.06. The van der Waals surface area contributed by atoms with Crippen LogP contribution < -0.4 is 5.32 Å². The molecule has 0 aromatic carbocycles. The van der Waals surface area contributed by atoms with Crippen LogP contribution in [-0.4, -0.2) is 48.9 Å². The maximum Gasteiger partial charge on any atom is 0.217 e. The molecular weight excluding hydrogens is 406 g/mol. The van der Waals surface area contributed by atoms with Crippen molar-refractivity contribution in [1.29, 1.82) is 0 Å². The molecule has 0 saturated carbocycles. The topological polar surface area (TPSA) is 41.5 Å². The molecule has 1 rings (SSSR count). The number of quaternary nitrogens is 1. The largest absolute Gasteiger partial charge is 0.351 e. The molecule has 33 heavy (non-hydrogen) atoms. The highest BCUT2D eigenvalue weighted by atomic mass is 16.1. The summed E-state index contributed by atoms with van der Waals surface area (Å²) in [7, 11) is 0. The Morgan fingerprint density at radius 3 is 1.97 bits per heavy atom. The van der Waals surface area contributed by atoms with Gasteiger partial charge in [-0.3, -0.25) is 9.28 Å². The molecule has 0 saturated heterocycles. The van der Waals surface area contributed by atoms with Crippen molar-refractivity contribution in [2.75, 3.05) is 26.2 Å². The van der Waals surface area contributed by atoms with Crippen molar-refractivity contribution in [3.63, 3.8) is 0 Å². The highest BCUT2D eigenvalue weighted by Crippen LogP contribution is 2.24. The lowest BCUT2D eigenvalue weighted by Gasteiger charge is -2.38. The van der Waals surface area contributed by atoms with Crippen LogP contribution in [0, 0.1) is 0 Å². The van der Waals surface area contributed by atoms with Gasteiger partial charge in [-0.15, -0.1) is 0 Å². The molecule has 1 N–H and O–H groups in total. The number of unbranched alkanes of at least 4 members (excludes halogenated alkanes) is 14. The number of allylic oxidation sites excluding steroid dienone is 2. The summed E-state index contributed by atoms with van der Waals surface area (Å²) in [4.78, 5) is 16.0. The number of nitrogens with zero attached hydrogens (tertiary/aromatic N) is 2. The summed E-state index contributed by atoms with van der Waals surface area (Å²) < 4.78 is 1.02. The van der Waals surface area contributed by atoms with E-state index in [-0.39, 0.29) is 5.91 Å². The molecule has 0 aliphatic carbocycles. The van der Waals surface area contributed by atoms with Crippen LogP contribution in [0.1, 0.15) is 130 Å². The van der Waals surface area contributed by atoms with Crippen molar-refractivity contribution >= 4 is 12.1 Å². The highest BCUT2D eigenvalue weighted by Gasteiger charge is 2.37. The van der Waals surface area contributed by atoms with Gasteiger partial charge in [-0.05, 0) is 39.0 Å². The zero-order valence-electron chi connectivity index (χ0n) is 22.5. The standard InChI is InChI=1S/C29H55N3O/c1-4-6-7-8-9-10-11-12-13-14-15-16-17-18-19-20-21-22-23-29-31-25-27-32(29,5-2)26-24-30-28(3)33/h9-10,25,29H,4-8,11-24,26-27H2,1-3H3/p+1/b10-9+. The van der Waals surface area contributed by atoms with Crippen molar-refractivity contribution in [3.8, 4) is 0 Å². The van der Waals surface area contributed by atoms with Crippen LogP contribution in [0.5, 0.6) is 0 Å². The van der Waals surface area contributed by atoms with E-state index in [1.165, 1.54) is 109 Å². The van der Waals surface area contributed by atoms with Crippen molar-refractivity contribution < 1.29 is 9.28 Å². The van der Waals surface area contributed by atoms with Crippen molar-refractivity contribution in [2.45, 2.75) is 136 Å². The number of hydrogen-bond donors (Lipinski definition) is 1. The molecule has 2 unspecified atom stereocenters. The molecule has 4 nitrogen and oxygen atoms in total. The van der Waals surface area contributed by atoms with E-state index in [1.54, 1.807) is 6.92 Å². The van der Waals surface area contributed by atoms with E-state index >= 15 is 0 Å². The third-order valence-electron chi connectivity index (χ3n) is 7.39. The number of amides is 1. The normalized spacial score (nSPS) is 20.2. The van der Waals surface area contributed by atoms with Crippen LogP contribution in [0.2, 0.25) is 0 Å². The SMILES string of the molecule is CCCCC/C=C/CCCCCCCCCCCCCC1N=CC[N+]1(CC)CCNC(C)=O.